The summed E-state index contributed by atoms with van der Waals surface area (Å²) in [5, 5.41) is 0. The molecule has 0 spiro atoms. The third-order valence-electron chi connectivity index (χ3n) is 3.92. The Labute approximate surface area is 127 Å². The summed E-state index contributed by atoms with van der Waals surface area (Å²) >= 11 is 0. The highest BCUT2D eigenvalue weighted by molar-refractivity contribution is 5.29. The third kappa shape index (κ3) is 2.87. The number of ether oxygens (including phenoxy) is 1. The monoisotopic (exact) mass is 303 g/mol. The Hall–Kier alpha value is -2.21. The quantitative estimate of drug-likeness (QED) is 0.939. The van der Waals surface area contributed by atoms with Crippen LogP contribution in [0.15, 0.2) is 23.0 Å². The van der Waals surface area contributed by atoms with Crippen LogP contribution in [0.5, 0.6) is 5.75 Å². The van der Waals surface area contributed by atoms with Gasteiger partial charge in [0, 0.05) is 37.7 Å². The van der Waals surface area contributed by atoms with Gasteiger partial charge >= 0.3 is 0 Å². The Balaban J connectivity index is 1.79. The molecule has 1 N–H and O–H groups in total. The fraction of sp³-hybridized carbons (Fsp3) is 0.375. The van der Waals surface area contributed by atoms with Crippen LogP contribution in [0.4, 0.5) is 4.39 Å². The van der Waals surface area contributed by atoms with E-state index >= 15 is 0 Å². The first-order valence-electron chi connectivity index (χ1n) is 7.20. The van der Waals surface area contributed by atoms with Gasteiger partial charge in [-0.1, -0.05) is 6.07 Å². The molecule has 2 heterocycles. The van der Waals surface area contributed by atoms with Gasteiger partial charge in [0.25, 0.3) is 5.56 Å². The molecule has 1 aromatic heterocycles. The first-order valence-corrected chi connectivity index (χ1v) is 7.20. The van der Waals surface area contributed by atoms with Crippen LogP contribution >= 0.6 is 0 Å². The van der Waals surface area contributed by atoms with Crippen LogP contribution in [0.3, 0.4) is 0 Å². The van der Waals surface area contributed by atoms with Crippen LogP contribution in [-0.2, 0) is 19.5 Å². The number of aryl methyl sites for hydroxylation is 1. The third-order valence-corrected chi connectivity index (χ3v) is 3.92. The number of H-pyrrole nitrogens is 1. The van der Waals surface area contributed by atoms with E-state index in [9.17, 15) is 9.18 Å². The van der Waals surface area contributed by atoms with Crippen molar-refractivity contribution >= 4 is 0 Å². The summed E-state index contributed by atoms with van der Waals surface area (Å²) < 4.78 is 19.0. The molecular weight excluding hydrogens is 285 g/mol. The Morgan fingerprint density at radius 3 is 3.00 bits per heavy atom. The first kappa shape index (κ1) is 14.7. The normalized spacial score (nSPS) is 14.7. The van der Waals surface area contributed by atoms with Gasteiger partial charge in [0.2, 0.25) is 0 Å². The maximum atomic E-state index is 14.0. The average Bonchev–Trinajstić information content (AvgIpc) is 2.49. The highest BCUT2D eigenvalue weighted by Gasteiger charge is 2.21. The number of hydrogen-bond acceptors (Lipinski definition) is 4. The smallest absolute Gasteiger partial charge is 0.255 e. The number of nitrogens with zero attached hydrogens (tertiary/aromatic N) is 2. The summed E-state index contributed by atoms with van der Waals surface area (Å²) in [6, 6.07) is 4.85. The van der Waals surface area contributed by atoms with Gasteiger partial charge in [-0.25, -0.2) is 9.37 Å². The summed E-state index contributed by atoms with van der Waals surface area (Å²) in [6.07, 6.45) is 0.706. The molecule has 0 radical (unpaired) electrons. The highest BCUT2D eigenvalue weighted by atomic mass is 19.1. The highest BCUT2D eigenvalue weighted by Crippen LogP contribution is 2.20. The lowest BCUT2D eigenvalue weighted by molar-refractivity contribution is 0.238. The predicted octanol–water partition coefficient (Wildman–Crippen LogP) is 1.78. The molecule has 0 atom stereocenters. The van der Waals surface area contributed by atoms with Crippen LogP contribution in [0.25, 0.3) is 0 Å². The summed E-state index contributed by atoms with van der Waals surface area (Å²) in [4.78, 5) is 21.2. The van der Waals surface area contributed by atoms with E-state index in [1.54, 1.807) is 19.1 Å². The van der Waals surface area contributed by atoms with Crippen LogP contribution < -0.4 is 10.3 Å². The fourth-order valence-corrected chi connectivity index (χ4v) is 2.76. The zero-order chi connectivity index (χ0) is 15.7. The number of halogens is 1. The lowest BCUT2D eigenvalue weighted by Gasteiger charge is -2.27. The molecule has 0 bridgehead atoms. The van der Waals surface area contributed by atoms with E-state index < -0.39 is 0 Å². The van der Waals surface area contributed by atoms with Crippen molar-refractivity contribution in [3.8, 4) is 5.75 Å². The number of nitrogens with one attached hydrogen (secondary N) is 1. The van der Waals surface area contributed by atoms with Gasteiger partial charge in [-0.2, -0.15) is 0 Å². The molecule has 0 saturated heterocycles. The molecule has 3 rings (SSSR count). The van der Waals surface area contributed by atoms with Crippen LogP contribution in [0.1, 0.15) is 22.6 Å². The predicted molar refractivity (Wildman–Crippen MR) is 80.4 cm³/mol. The van der Waals surface area contributed by atoms with Gasteiger partial charge in [-0.3, -0.25) is 9.69 Å². The molecule has 22 heavy (non-hydrogen) atoms. The van der Waals surface area contributed by atoms with Crippen molar-refractivity contribution in [3.05, 3.63) is 57.0 Å². The second kappa shape index (κ2) is 5.88. The second-order valence-corrected chi connectivity index (χ2v) is 5.49. The number of benzene rings is 1. The molecular formula is C16H18FN3O2. The van der Waals surface area contributed by atoms with Crippen molar-refractivity contribution in [2.75, 3.05) is 13.7 Å². The Kier molecular flexibility index (Phi) is 3.94. The lowest BCUT2D eigenvalue weighted by atomic mass is 10.1. The first-order chi connectivity index (χ1) is 10.6. The average molecular weight is 303 g/mol. The van der Waals surface area contributed by atoms with Gasteiger partial charge in [-0.05, 0) is 13.0 Å². The molecule has 2 aromatic rings. The van der Waals surface area contributed by atoms with Crippen molar-refractivity contribution in [2.45, 2.75) is 26.4 Å². The number of methoxy groups -OCH3 is 1. The zero-order valence-electron chi connectivity index (χ0n) is 12.6. The van der Waals surface area contributed by atoms with Gasteiger partial charge < -0.3 is 9.72 Å². The molecule has 1 aliphatic heterocycles. The lowest BCUT2D eigenvalue weighted by Crippen LogP contribution is -2.35. The molecule has 1 aromatic carbocycles. The number of hydrogen-bond donors (Lipinski definition) is 1. The summed E-state index contributed by atoms with van der Waals surface area (Å²) in [5.41, 5.74) is 2.04. The number of aromatic amines is 1. The number of fused-ring (bicyclic) bond motifs is 1. The molecule has 1 aliphatic rings. The van der Waals surface area contributed by atoms with Crippen molar-refractivity contribution < 1.29 is 9.13 Å². The molecule has 0 amide bonds. The maximum Gasteiger partial charge on any atom is 0.255 e. The standard InChI is InChI=1S/C16H18FN3O2/c1-10-18-15-5-6-20(9-13(15)16(21)19-10)8-11-3-4-12(22-2)7-14(11)17/h3-4,7H,5-6,8-9H2,1-2H3,(H,18,19,21). The second-order valence-electron chi connectivity index (χ2n) is 5.49. The van der Waals surface area contributed by atoms with Gasteiger partial charge in [0.05, 0.1) is 18.4 Å². The minimum atomic E-state index is -0.291. The minimum absolute atomic E-state index is 0.0950. The van der Waals surface area contributed by atoms with Crippen molar-refractivity contribution in [1.82, 2.24) is 14.9 Å². The van der Waals surface area contributed by atoms with Gasteiger partial charge in [-0.15, -0.1) is 0 Å². The Morgan fingerprint density at radius 1 is 1.45 bits per heavy atom. The van der Waals surface area contributed by atoms with Gasteiger partial charge in [0.1, 0.15) is 17.4 Å². The van der Waals surface area contributed by atoms with E-state index in [1.807, 2.05) is 0 Å². The Bertz CT molecular complexity index is 758. The summed E-state index contributed by atoms with van der Waals surface area (Å²) in [6.45, 7) is 3.49. The topological polar surface area (TPSA) is 58.2 Å². The fourth-order valence-electron chi connectivity index (χ4n) is 2.76. The van der Waals surface area contributed by atoms with E-state index in [1.165, 1.54) is 13.2 Å². The molecule has 0 aliphatic carbocycles. The maximum absolute atomic E-state index is 14.0. The molecule has 0 fully saturated rings. The van der Waals surface area contributed by atoms with E-state index in [0.29, 0.717) is 42.2 Å². The van der Waals surface area contributed by atoms with E-state index in [2.05, 4.69) is 14.9 Å². The van der Waals surface area contributed by atoms with Crippen molar-refractivity contribution in [2.24, 2.45) is 0 Å². The largest absolute Gasteiger partial charge is 0.497 e. The van der Waals surface area contributed by atoms with Crippen molar-refractivity contribution in [3.63, 3.8) is 0 Å². The molecule has 5 nitrogen and oxygen atoms in total. The molecule has 0 saturated carbocycles. The van der Waals surface area contributed by atoms with E-state index in [4.69, 9.17) is 4.74 Å². The number of aromatic nitrogens is 2. The minimum Gasteiger partial charge on any atom is -0.497 e. The SMILES string of the molecule is COc1ccc(CN2CCc3nc(C)[nH]c(=O)c3C2)c(F)c1. The van der Waals surface area contributed by atoms with E-state index in [0.717, 1.165) is 12.2 Å². The number of rotatable bonds is 3. The molecule has 6 heteroatoms. The molecule has 0 unspecified atom stereocenters. The van der Waals surface area contributed by atoms with Crippen LogP contribution in [0, 0.1) is 12.7 Å². The van der Waals surface area contributed by atoms with E-state index in [-0.39, 0.29) is 11.4 Å². The molecule has 116 valence electrons. The zero-order valence-corrected chi connectivity index (χ0v) is 12.6. The summed E-state index contributed by atoms with van der Waals surface area (Å²) in [7, 11) is 1.51. The van der Waals surface area contributed by atoms with Crippen molar-refractivity contribution in [1.29, 1.82) is 0 Å². The van der Waals surface area contributed by atoms with Crippen LogP contribution in [0.2, 0.25) is 0 Å². The van der Waals surface area contributed by atoms with Crippen LogP contribution in [-0.4, -0.2) is 28.5 Å². The Morgan fingerprint density at radius 2 is 2.27 bits per heavy atom. The summed E-state index contributed by atoms with van der Waals surface area (Å²) in [5.74, 6) is 0.848. The van der Waals surface area contributed by atoms with Gasteiger partial charge in [0.15, 0.2) is 0 Å².